The van der Waals surface area contributed by atoms with Crippen molar-refractivity contribution in [2.24, 2.45) is 0 Å². The van der Waals surface area contributed by atoms with E-state index in [0.717, 1.165) is 5.52 Å². The van der Waals surface area contributed by atoms with Crippen LogP contribution in [-0.4, -0.2) is 15.9 Å². The molecule has 3 rings (SSSR count). The number of nitrogens with one attached hydrogen (secondary N) is 1. The number of fused-ring (bicyclic) bond motifs is 1. The molecule has 0 aliphatic rings. The number of carbonyl (C=O) groups is 1. The summed E-state index contributed by atoms with van der Waals surface area (Å²) in [4.78, 5) is 20.2. The molecule has 6 nitrogen and oxygen atoms in total. The van der Waals surface area contributed by atoms with Crippen LogP contribution in [0.2, 0.25) is 0 Å². The van der Waals surface area contributed by atoms with Crippen LogP contribution in [0.4, 0.5) is 11.5 Å². The maximum Gasteiger partial charge on any atom is 0.255 e. The number of amides is 1. The summed E-state index contributed by atoms with van der Waals surface area (Å²) in [5, 5.41) is 2.74. The first kappa shape index (κ1) is 12.2. The molecule has 2 heterocycles. The van der Waals surface area contributed by atoms with Gasteiger partial charge >= 0.3 is 0 Å². The number of carbonyl (C=O) groups excluding carboxylic acids is 1. The zero-order valence-electron chi connectivity index (χ0n) is 10.8. The Morgan fingerprint density at radius 2 is 2.15 bits per heavy atom. The van der Waals surface area contributed by atoms with Crippen LogP contribution >= 0.6 is 0 Å². The summed E-state index contributed by atoms with van der Waals surface area (Å²) in [6.07, 6.45) is 1.50. The lowest BCUT2D eigenvalue weighted by Gasteiger charge is -2.04. The number of nitrogens with zero attached hydrogens (tertiary/aromatic N) is 2. The third-order valence-corrected chi connectivity index (χ3v) is 2.80. The van der Waals surface area contributed by atoms with Gasteiger partial charge in [0.05, 0.1) is 11.9 Å². The molecule has 0 aliphatic carbocycles. The quantitative estimate of drug-likeness (QED) is 0.744. The summed E-state index contributed by atoms with van der Waals surface area (Å²) in [7, 11) is 0. The summed E-state index contributed by atoms with van der Waals surface area (Å²) in [6.45, 7) is 1.76. The molecule has 20 heavy (non-hydrogen) atoms. The highest BCUT2D eigenvalue weighted by Crippen LogP contribution is 2.18. The minimum atomic E-state index is -0.243. The molecule has 2 aromatic heterocycles. The maximum absolute atomic E-state index is 12.1. The zero-order chi connectivity index (χ0) is 14.1. The number of nitrogen functional groups attached to an aromatic ring is 1. The summed E-state index contributed by atoms with van der Waals surface area (Å²) >= 11 is 0. The van der Waals surface area contributed by atoms with Gasteiger partial charge in [0.25, 0.3) is 5.91 Å². The van der Waals surface area contributed by atoms with E-state index in [2.05, 4.69) is 15.3 Å². The molecule has 0 saturated heterocycles. The van der Waals surface area contributed by atoms with E-state index in [1.54, 1.807) is 37.3 Å². The first-order chi connectivity index (χ1) is 9.61. The molecular formula is C14H12N4O2. The van der Waals surface area contributed by atoms with Crippen molar-refractivity contribution in [1.29, 1.82) is 0 Å². The summed E-state index contributed by atoms with van der Waals surface area (Å²) < 4.78 is 5.40. The van der Waals surface area contributed by atoms with Crippen LogP contribution in [-0.2, 0) is 0 Å². The fourth-order valence-electron chi connectivity index (χ4n) is 1.86. The highest BCUT2D eigenvalue weighted by molar-refractivity contribution is 6.05. The smallest absolute Gasteiger partial charge is 0.255 e. The molecule has 0 atom stereocenters. The van der Waals surface area contributed by atoms with Gasteiger partial charge in [0.2, 0.25) is 0 Å². The number of anilines is 2. The van der Waals surface area contributed by atoms with Crippen LogP contribution in [0.3, 0.4) is 0 Å². The van der Waals surface area contributed by atoms with Gasteiger partial charge in [0.15, 0.2) is 11.5 Å². The Bertz CT molecular complexity index is 777. The molecule has 6 heteroatoms. The number of aryl methyl sites for hydroxylation is 1. The van der Waals surface area contributed by atoms with E-state index in [1.165, 1.54) is 6.20 Å². The van der Waals surface area contributed by atoms with Gasteiger partial charge in [-0.05, 0) is 30.3 Å². The highest BCUT2D eigenvalue weighted by Gasteiger charge is 2.10. The summed E-state index contributed by atoms with van der Waals surface area (Å²) in [5.41, 5.74) is 7.88. The van der Waals surface area contributed by atoms with E-state index in [0.29, 0.717) is 28.5 Å². The van der Waals surface area contributed by atoms with Gasteiger partial charge in [-0.2, -0.15) is 0 Å². The lowest BCUT2D eigenvalue weighted by Crippen LogP contribution is -2.12. The van der Waals surface area contributed by atoms with E-state index in [-0.39, 0.29) is 5.91 Å². The molecule has 3 aromatic rings. The van der Waals surface area contributed by atoms with Crippen LogP contribution in [0.25, 0.3) is 11.1 Å². The fourth-order valence-corrected chi connectivity index (χ4v) is 1.86. The molecule has 1 aromatic carbocycles. The molecule has 0 bridgehead atoms. The molecular weight excluding hydrogens is 256 g/mol. The minimum absolute atomic E-state index is 0.243. The number of nitrogens with two attached hydrogens (primary N) is 1. The molecule has 0 spiro atoms. The van der Waals surface area contributed by atoms with Crippen LogP contribution in [0.1, 0.15) is 16.2 Å². The van der Waals surface area contributed by atoms with Crippen LogP contribution < -0.4 is 11.1 Å². The number of hydrogen-bond acceptors (Lipinski definition) is 5. The van der Waals surface area contributed by atoms with E-state index < -0.39 is 0 Å². The Labute approximate surface area is 114 Å². The third kappa shape index (κ3) is 2.31. The van der Waals surface area contributed by atoms with Gasteiger partial charge in [-0.15, -0.1) is 0 Å². The minimum Gasteiger partial charge on any atom is -0.441 e. The molecule has 0 radical (unpaired) electrons. The Hall–Kier alpha value is -2.89. The fraction of sp³-hybridized carbons (Fsp3) is 0.0714. The number of rotatable bonds is 2. The average molecular weight is 268 g/mol. The van der Waals surface area contributed by atoms with Crippen molar-refractivity contribution < 1.29 is 9.21 Å². The van der Waals surface area contributed by atoms with Crippen molar-refractivity contribution in [3.63, 3.8) is 0 Å². The normalized spacial score (nSPS) is 10.7. The molecule has 0 aliphatic heterocycles. The second-order valence-electron chi connectivity index (χ2n) is 4.34. The second-order valence-corrected chi connectivity index (χ2v) is 4.34. The Balaban J connectivity index is 1.86. The molecule has 0 fully saturated rings. The first-order valence-corrected chi connectivity index (χ1v) is 6.02. The highest BCUT2D eigenvalue weighted by atomic mass is 16.3. The van der Waals surface area contributed by atoms with Crippen molar-refractivity contribution in [2.75, 3.05) is 11.1 Å². The van der Waals surface area contributed by atoms with E-state index in [9.17, 15) is 4.79 Å². The molecule has 3 N–H and O–H groups in total. The third-order valence-electron chi connectivity index (χ3n) is 2.80. The topological polar surface area (TPSA) is 94.0 Å². The molecule has 100 valence electrons. The van der Waals surface area contributed by atoms with Crippen LogP contribution in [0.5, 0.6) is 0 Å². The maximum atomic E-state index is 12.1. The number of hydrogen-bond donors (Lipinski definition) is 2. The van der Waals surface area contributed by atoms with Crippen molar-refractivity contribution in [1.82, 2.24) is 9.97 Å². The molecule has 1 amide bonds. The van der Waals surface area contributed by atoms with Gasteiger partial charge in [-0.1, -0.05) is 0 Å². The Morgan fingerprint density at radius 1 is 1.30 bits per heavy atom. The first-order valence-electron chi connectivity index (χ1n) is 6.02. The van der Waals surface area contributed by atoms with Crippen molar-refractivity contribution in [3.8, 4) is 0 Å². The second kappa shape index (κ2) is 4.65. The van der Waals surface area contributed by atoms with E-state index in [1.807, 2.05) is 0 Å². The monoisotopic (exact) mass is 268 g/mol. The Kier molecular flexibility index (Phi) is 2.83. The SMILES string of the molecule is Cc1nc2ccc(C(=O)Nc3ccc(N)nc3)cc2o1. The molecule has 0 unspecified atom stereocenters. The van der Waals surface area contributed by atoms with Crippen molar-refractivity contribution in [2.45, 2.75) is 6.92 Å². The van der Waals surface area contributed by atoms with Crippen LogP contribution in [0, 0.1) is 6.92 Å². The lowest BCUT2D eigenvalue weighted by molar-refractivity contribution is 0.102. The predicted octanol–water partition coefficient (Wildman–Crippen LogP) is 2.37. The Morgan fingerprint density at radius 3 is 2.90 bits per heavy atom. The number of aromatic nitrogens is 2. The average Bonchev–Trinajstić information content (AvgIpc) is 2.80. The lowest BCUT2D eigenvalue weighted by atomic mass is 10.2. The molecule has 0 saturated carbocycles. The number of pyridine rings is 1. The predicted molar refractivity (Wildman–Crippen MR) is 75.3 cm³/mol. The number of benzene rings is 1. The van der Waals surface area contributed by atoms with E-state index >= 15 is 0 Å². The summed E-state index contributed by atoms with van der Waals surface area (Å²) in [6, 6.07) is 8.43. The van der Waals surface area contributed by atoms with Gasteiger partial charge in [0, 0.05) is 12.5 Å². The van der Waals surface area contributed by atoms with Crippen molar-refractivity contribution in [3.05, 3.63) is 48.0 Å². The zero-order valence-corrected chi connectivity index (χ0v) is 10.8. The number of oxazole rings is 1. The van der Waals surface area contributed by atoms with Gasteiger partial charge in [-0.3, -0.25) is 4.79 Å². The standard InChI is InChI=1S/C14H12N4O2/c1-8-17-11-4-2-9(6-12(11)20-8)14(19)18-10-3-5-13(15)16-7-10/h2-7H,1H3,(H2,15,16)(H,18,19). The van der Waals surface area contributed by atoms with Crippen LogP contribution in [0.15, 0.2) is 40.9 Å². The summed E-state index contributed by atoms with van der Waals surface area (Å²) in [5.74, 6) is 0.731. The van der Waals surface area contributed by atoms with Crippen molar-refractivity contribution >= 4 is 28.5 Å². The van der Waals surface area contributed by atoms with Gasteiger partial charge < -0.3 is 15.5 Å². The van der Waals surface area contributed by atoms with Gasteiger partial charge in [-0.25, -0.2) is 9.97 Å². The van der Waals surface area contributed by atoms with Gasteiger partial charge in [0.1, 0.15) is 11.3 Å². The largest absolute Gasteiger partial charge is 0.441 e. The van der Waals surface area contributed by atoms with E-state index in [4.69, 9.17) is 10.2 Å².